The molecule has 0 fully saturated rings. The van der Waals surface area contributed by atoms with E-state index in [-0.39, 0.29) is 12.2 Å². The fraction of sp³-hybridized carbons (Fsp3) is 0.556. The third-order valence-corrected chi connectivity index (χ3v) is 3.64. The SMILES string of the molecule is COCC(=CC(COC(COCC(F)(F)F)C(F)(F)F)C(F)(F)F)c1ccccc1. The van der Waals surface area contributed by atoms with E-state index < -0.39 is 50.4 Å². The third-order valence-electron chi connectivity index (χ3n) is 3.64. The Morgan fingerprint density at radius 2 is 1.50 bits per heavy atom. The smallest absolute Gasteiger partial charge is 0.380 e. The summed E-state index contributed by atoms with van der Waals surface area (Å²) in [6.07, 6.45) is -17.4. The fourth-order valence-corrected chi connectivity index (χ4v) is 2.25. The zero-order valence-electron chi connectivity index (χ0n) is 15.6. The highest BCUT2D eigenvalue weighted by Gasteiger charge is 2.45. The van der Waals surface area contributed by atoms with E-state index in [0.29, 0.717) is 11.6 Å². The van der Waals surface area contributed by atoms with Gasteiger partial charge in [0, 0.05) is 7.11 Å². The van der Waals surface area contributed by atoms with E-state index in [1.54, 1.807) is 18.2 Å². The average molecular weight is 454 g/mol. The number of rotatable bonds is 10. The molecule has 0 aliphatic carbocycles. The van der Waals surface area contributed by atoms with Crippen molar-refractivity contribution in [1.29, 1.82) is 0 Å². The maximum Gasteiger partial charge on any atom is 0.416 e. The van der Waals surface area contributed by atoms with E-state index in [1.807, 2.05) is 0 Å². The predicted octanol–water partition coefficient (Wildman–Crippen LogP) is 5.42. The van der Waals surface area contributed by atoms with Crippen molar-refractivity contribution in [3.63, 3.8) is 0 Å². The summed E-state index contributed by atoms with van der Waals surface area (Å²) in [5.74, 6) is -2.46. The first-order valence-electron chi connectivity index (χ1n) is 8.38. The van der Waals surface area contributed by atoms with Gasteiger partial charge in [-0.15, -0.1) is 0 Å². The summed E-state index contributed by atoms with van der Waals surface area (Å²) >= 11 is 0. The van der Waals surface area contributed by atoms with E-state index in [1.165, 1.54) is 19.2 Å². The van der Waals surface area contributed by atoms with Crippen molar-refractivity contribution in [3.05, 3.63) is 42.0 Å². The van der Waals surface area contributed by atoms with Crippen LogP contribution in [0.5, 0.6) is 0 Å². The number of hydrogen-bond donors (Lipinski definition) is 0. The molecule has 0 heterocycles. The molecule has 0 spiro atoms. The summed E-state index contributed by atoms with van der Waals surface area (Å²) in [4.78, 5) is 0. The summed E-state index contributed by atoms with van der Waals surface area (Å²) in [5, 5.41) is 0. The second-order valence-electron chi connectivity index (χ2n) is 6.13. The molecule has 172 valence electrons. The Bertz CT molecular complexity index is 652. The van der Waals surface area contributed by atoms with Gasteiger partial charge in [-0.1, -0.05) is 36.4 Å². The van der Waals surface area contributed by atoms with Gasteiger partial charge in [-0.05, 0) is 11.1 Å². The summed E-state index contributed by atoms with van der Waals surface area (Å²) in [7, 11) is 1.23. The minimum atomic E-state index is -5.22. The Labute approximate surface area is 166 Å². The van der Waals surface area contributed by atoms with E-state index in [9.17, 15) is 39.5 Å². The van der Waals surface area contributed by atoms with Crippen LogP contribution in [-0.2, 0) is 14.2 Å². The summed E-state index contributed by atoms with van der Waals surface area (Å²) in [6.45, 7) is -5.31. The number of benzene rings is 1. The van der Waals surface area contributed by atoms with E-state index >= 15 is 0 Å². The van der Waals surface area contributed by atoms with Crippen molar-refractivity contribution in [1.82, 2.24) is 0 Å². The van der Waals surface area contributed by atoms with Crippen LogP contribution in [0.3, 0.4) is 0 Å². The monoisotopic (exact) mass is 454 g/mol. The van der Waals surface area contributed by atoms with Crippen LogP contribution in [0.2, 0.25) is 0 Å². The van der Waals surface area contributed by atoms with Crippen molar-refractivity contribution in [2.24, 2.45) is 5.92 Å². The number of ether oxygens (including phenoxy) is 3. The Morgan fingerprint density at radius 3 is 1.97 bits per heavy atom. The van der Waals surface area contributed by atoms with Crippen LogP contribution >= 0.6 is 0 Å². The Morgan fingerprint density at radius 1 is 0.900 bits per heavy atom. The van der Waals surface area contributed by atoms with E-state index in [0.717, 1.165) is 0 Å². The number of hydrogen-bond acceptors (Lipinski definition) is 3. The summed E-state index contributed by atoms with van der Waals surface area (Å²) in [6, 6.07) is 7.70. The molecule has 2 unspecified atom stereocenters. The molecule has 1 rings (SSSR count). The first-order chi connectivity index (χ1) is 13.7. The zero-order chi connectivity index (χ0) is 23.0. The van der Waals surface area contributed by atoms with Crippen LogP contribution in [-0.4, -0.2) is 58.2 Å². The van der Waals surface area contributed by atoms with Gasteiger partial charge in [0.25, 0.3) is 0 Å². The van der Waals surface area contributed by atoms with Crippen LogP contribution in [0.4, 0.5) is 39.5 Å². The van der Waals surface area contributed by atoms with Gasteiger partial charge in [-0.2, -0.15) is 39.5 Å². The van der Waals surface area contributed by atoms with Gasteiger partial charge in [0.1, 0.15) is 6.61 Å². The van der Waals surface area contributed by atoms with E-state index in [2.05, 4.69) is 9.47 Å². The molecule has 2 atom stereocenters. The predicted molar refractivity (Wildman–Crippen MR) is 88.5 cm³/mol. The molecule has 0 aliphatic rings. The lowest BCUT2D eigenvalue weighted by atomic mass is 10.00. The molecular weight excluding hydrogens is 435 g/mol. The van der Waals surface area contributed by atoms with Gasteiger partial charge in [-0.25, -0.2) is 0 Å². The van der Waals surface area contributed by atoms with Crippen molar-refractivity contribution >= 4 is 5.57 Å². The molecular formula is C18H19F9O3. The lowest BCUT2D eigenvalue weighted by molar-refractivity contribution is -0.257. The van der Waals surface area contributed by atoms with E-state index in [4.69, 9.17) is 4.74 Å². The molecule has 0 saturated heterocycles. The molecule has 30 heavy (non-hydrogen) atoms. The maximum absolute atomic E-state index is 13.4. The first-order valence-corrected chi connectivity index (χ1v) is 8.38. The average Bonchev–Trinajstić information content (AvgIpc) is 2.60. The van der Waals surface area contributed by atoms with Crippen molar-refractivity contribution < 1.29 is 53.7 Å². The van der Waals surface area contributed by atoms with Crippen molar-refractivity contribution in [2.45, 2.75) is 24.6 Å². The quantitative estimate of drug-likeness (QED) is 0.442. The molecule has 0 aliphatic heterocycles. The largest absolute Gasteiger partial charge is 0.416 e. The minimum absolute atomic E-state index is 0.0564. The third kappa shape index (κ3) is 9.81. The van der Waals surface area contributed by atoms with Gasteiger partial charge in [0.15, 0.2) is 6.10 Å². The minimum Gasteiger partial charge on any atom is -0.380 e. The molecule has 0 aromatic heterocycles. The number of halogens is 9. The van der Waals surface area contributed by atoms with Crippen LogP contribution in [0.15, 0.2) is 36.4 Å². The molecule has 0 radical (unpaired) electrons. The summed E-state index contributed by atoms with van der Waals surface area (Å²) in [5.41, 5.74) is 0.412. The fourth-order valence-electron chi connectivity index (χ4n) is 2.25. The Balaban J connectivity index is 2.99. The van der Waals surface area contributed by atoms with Gasteiger partial charge in [0.05, 0.1) is 25.7 Å². The highest BCUT2D eigenvalue weighted by molar-refractivity contribution is 5.66. The topological polar surface area (TPSA) is 27.7 Å². The highest BCUT2D eigenvalue weighted by Crippen LogP contribution is 2.32. The van der Waals surface area contributed by atoms with Crippen LogP contribution in [0, 0.1) is 5.92 Å². The highest BCUT2D eigenvalue weighted by atomic mass is 19.4. The standard InChI is InChI=1S/C18H19F9O3/c1-28-8-13(12-5-3-2-4-6-12)7-14(17(22,23)24)9-30-15(18(25,26)27)10-29-11-16(19,20)21/h2-7,14-15H,8-11H2,1H3. The zero-order valence-corrected chi connectivity index (χ0v) is 15.6. The second kappa shape index (κ2) is 11.0. The molecule has 0 saturated carbocycles. The first kappa shape index (κ1) is 26.2. The molecule has 0 amide bonds. The van der Waals surface area contributed by atoms with Gasteiger partial charge < -0.3 is 14.2 Å². The second-order valence-corrected chi connectivity index (χ2v) is 6.13. The molecule has 12 heteroatoms. The summed E-state index contributed by atoms with van der Waals surface area (Å²) < 4.78 is 128. The van der Waals surface area contributed by atoms with Crippen LogP contribution < -0.4 is 0 Å². The van der Waals surface area contributed by atoms with Crippen molar-refractivity contribution in [3.8, 4) is 0 Å². The van der Waals surface area contributed by atoms with Gasteiger partial charge >= 0.3 is 18.5 Å². The maximum atomic E-state index is 13.4. The number of alkyl halides is 9. The molecule has 0 N–H and O–H groups in total. The van der Waals surface area contributed by atoms with Crippen LogP contribution in [0.1, 0.15) is 5.56 Å². The Hall–Kier alpha value is -1.79. The molecule has 0 bridgehead atoms. The van der Waals surface area contributed by atoms with Crippen LogP contribution in [0.25, 0.3) is 5.57 Å². The Kier molecular flexibility index (Phi) is 9.63. The molecule has 1 aromatic carbocycles. The molecule has 1 aromatic rings. The lowest BCUT2D eigenvalue weighted by Gasteiger charge is -2.25. The van der Waals surface area contributed by atoms with Gasteiger partial charge in [-0.3, -0.25) is 0 Å². The normalized spacial score (nSPS) is 15.9. The molecule has 3 nitrogen and oxygen atoms in total. The lowest BCUT2D eigenvalue weighted by Crippen LogP contribution is -2.39. The number of methoxy groups -OCH3 is 1. The van der Waals surface area contributed by atoms with Gasteiger partial charge in [0.2, 0.25) is 0 Å². The van der Waals surface area contributed by atoms with Crippen molar-refractivity contribution in [2.75, 3.05) is 33.5 Å².